The fourth-order valence-electron chi connectivity index (χ4n) is 2.99. The van der Waals surface area contributed by atoms with Gasteiger partial charge in [0.05, 0.1) is 0 Å². The normalized spacial score (nSPS) is 18.5. The van der Waals surface area contributed by atoms with E-state index in [-0.39, 0.29) is 6.09 Å². The van der Waals surface area contributed by atoms with Crippen molar-refractivity contribution in [3.05, 3.63) is 35.9 Å². The lowest BCUT2D eigenvalue weighted by Crippen LogP contribution is -2.50. The lowest BCUT2D eigenvalue weighted by Gasteiger charge is -2.38. The highest BCUT2D eigenvalue weighted by Crippen LogP contribution is 2.17. The molecule has 0 saturated carbocycles. The zero-order valence-corrected chi connectivity index (χ0v) is 13.4. The van der Waals surface area contributed by atoms with Crippen LogP contribution in [-0.2, 0) is 11.3 Å². The predicted octanol–water partition coefficient (Wildman–Crippen LogP) is 2.07. The van der Waals surface area contributed by atoms with E-state index in [0.29, 0.717) is 19.2 Å². The molecule has 2 rings (SSSR count). The highest BCUT2D eigenvalue weighted by atomic mass is 16.6. The Morgan fingerprint density at radius 2 is 2.18 bits per heavy atom. The van der Waals surface area contributed by atoms with Gasteiger partial charge in [-0.15, -0.1) is 0 Å². The molecule has 5 nitrogen and oxygen atoms in total. The number of amides is 1. The Morgan fingerprint density at radius 1 is 1.41 bits per heavy atom. The molecule has 1 saturated heterocycles. The molecular weight excluding hydrogens is 278 g/mol. The van der Waals surface area contributed by atoms with Gasteiger partial charge in [-0.1, -0.05) is 37.3 Å². The van der Waals surface area contributed by atoms with E-state index in [2.05, 4.69) is 11.8 Å². The molecule has 1 fully saturated rings. The molecule has 1 aliphatic rings. The lowest BCUT2D eigenvalue weighted by atomic mass is 10.0. The number of carbonyl (C=O) groups is 1. The van der Waals surface area contributed by atoms with E-state index in [1.807, 2.05) is 35.2 Å². The van der Waals surface area contributed by atoms with Crippen LogP contribution in [0.4, 0.5) is 4.79 Å². The number of piperidine rings is 1. The van der Waals surface area contributed by atoms with Gasteiger partial charge < -0.3 is 15.4 Å². The van der Waals surface area contributed by atoms with Crippen molar-refractivity contribution >= 4 is 6.09 Å². The van der Waals surface area contributed by atoms with Gasteiger partial charge >= 0.3 is 6.09 Å². The van der Waals surface area contributed by atoms with Gasteiger partial charge in [-0.3, -0.25) is 4.90 Å². The molecule has 122 valence electrons. The van der Waals surface area contributed by atoms with Crippen LogP contribution >= 0.6 is 0 Å². The van der Waals surface area contributed by atoms with Gasteiger partial charge in [-0.2, -0.15) is 0 Å². The number of carbonyl (C=O) groups excluding carboxylic acids is 1. The van der Waals surface area contributed by atoms with E-state index < -0.39 is 0 Å². The first-order valence-electron chi connectivity index (χ1n) is 8.14. The molecule has 22 heavy (non-hydrogen) atoms. The van der Waals surface area contributed by atoms with E-state index in [0.717, 1.165) is 44.6 Å². The topological polar surface area (TPSA) is 58.8 Å². The Labute approximate surface area is 133 Å². The summed E-state index contributed by atoms with van der Waals surface area (Å²) in [5.74, 6) is 0. The van der Waals surface area contributed by atoms with E-state index in [1.54, 1.807) is 0 Å². The van der Waals surface area contributed by atoms with Crippen molar-refractivity contribution in [3.8, 4) is 0 Å². The summed E-state index contributed by atoms with van der Waals surface area (Å²) in [5.41, 5.74) is 6.69. The van der Waals surface area contributed by atoms with Gasteiger partial charge in [0.1, 0.15) is 6.61 Å². The van der Waals surface area contributed by atoms with Gasteiger partial charge in [0.25, 0.3) is 0 Å². The van der Waals surface area contributed by atoms with Crippen LogP contribution in [0.5, 0.6) is 0 Å². The number of hydrogen-bond acceptors (Lipinski definition) is 4. The Balaban J connectivity index is 1.84. The molecule has 0 spiro atoms. The summed E-state index contributed by atoms with van der Waals surface area (Å²) in [6, 6.07) is 10.2. The predicted molar refractivity (Wildman–Crippen MR) is 87.5 cm³/mol. The molecular formula is C17H27N3O2. The summed E-state index contributed by atoms with van der Waals surface area (Å²) in [6.45, 7) is 6.50. The third kappa shape index (κ3) is 4.71. The highest BCUT2D eigenvalue weighted by Gasteiger charge is 2.27. The van der Waals surface area contributed by atoms with E-state index in [4.69, 9.17) is 10.5 Å². The largest absolute Gasteiger partial charge is 0.445 e. The molecule has 2 N–H and O–H groups in total. The number of nitrogens with two attached hydrogens (primary N) is 1. The SMILES string of the molecule is CCN(CCN)C1CCCN(C(=O)OCc2ccccc2)C1. The van der Waals surface area contributed by atoms with Crippen LogP contribution in [-0.4, -0.2) is 54.7 Å². The first-order valence-corrected chi connectivity index (χ1v) is 8.14. The number of ether oxygens (including phenoxy) is 1. The Morgan fingerprint density at radius 3 is 2.86 bits per heavy atom. The van der Waals surface area contributed by atoms with Crippen LogP contribution in [0.25, 0.3) is 0 Å². The second-order valence-electron chi connectivity index (χ2n) is 5.70. The van der Waals surface area contributed by atoms with Gasteiger partial charge in [0, 0.05) is 32.2 Å². The van der Waals surface area contributed by atoms with Crippen LogP contribution in [0.3, 0.4) is 0 Å². The average Bonchev–Trinajstić information content (AvgIpc) is 2.58. The minimum atomic E-state index is -0.211. The number of rotatable bonds is 6. The van der Waals surface area contributed by atoms with Gasteiger partial charge in [-0.05, 0) is 24.9 Å². The van der Waals surface area contributed by atoms with Gasteiger partial charge in [-0.25, -0.2) is 4.79 Å². The zero-order valence-electron chi connectivity index (χ0n) is 13.4. The fourth-order valence-corrected chi connectivity index (χ4v) is 2.99. The van der Waals surface area contributed by atoms with E-state index in [9.17, 15) is 4.79 Å². The molecule has 1 heterocycles. The molecule has 0 aromatic heterocycles. The lowest BCUT2D eigenvalue weighted by molar-refractivity contribution is 0.0627. The Kier molecular flexibility index (Phi) is 6.68. The van der Waals surface area contributed by atoms with Gasteiger partial charge in [0.15, 0.2) is 0 Å². The van der Waals surface area contributed by atoms with E-state index >= 15 is 0 Å². The minimum absolute atomic E-state index is 0.211. The van der Waals surface area contributed by atoms with Crippen LogP contribution in [0, 0.1) is 0 Å². The molecule has 0 aliphatic carbocycles. The van der Waals surface area contributed by atoms with Crippen molar-refractivity contribution in [3.63, 3.8) is 0 Å². The monoisotopic (exact) mass is 305 g/mol. The zero-order chi connectivity index (χ0) is 15.8. The van der Waals surface area contributed by atoms with Crippen molar-refractivity contribution in [2.75, 3.05) is 32.7 Å². The Bertz CT molecular complexity index is 452. The molecule has 1 atom stereocenters. The van der Waals surface area contributed by atoms with Crippen molar-refractivity contribution in [2.24, 2.45) is 5.73 Å². The second kappa shape index (κ2) is 8.76. The maximum Gasteiger partial charge on any atom is 0.410 e. The molecule has 1 aromatic carbocycles. The Hall–Kier alpha value is -1.59. The summed E-state index contributed by atoms with van der Waals surface area (Å²) in [5, 5.41) is 0. The quantitative estimate of drug-likeness (QED) is 0.874. The number of benzene rings is 1. The summed E-state index contributed by atoms with van der Waals surface area (Å²) < 4.78 is 5.43. The molecule has 1 amide bonds. The van der Waals surface area contributed by atoms with E-state index in [1.165, 1.54) is 0 Å². The summed E-state index contributed by atoms with van der Waals surface area (Å²) in [7, 11) is 0. The molecule has 1 aromatic rings. The smallest absolute Gasteiger partial charge is 0.410 e. The molecule has 0 bridgehead atoms. The first kappa shape index (κ1) is 16.8. The summed E-state index contributed by atoms with van der Waals surface area (Å²) >= 11 is 0. The van der Waals surface area contributed by atoms with Crippen molar-refractivity contribution in [1.29, 1.82) is 0 Å². The maximum absolute atomic E-state index is 12.2. The molecule has 1 aliphatic heterocycles. The third-order valence-electron chi connectivity index (χ3n) is 4.20. The summed E-state index contributed by atoms with van der Waals surface area (Å²) in [4.78, 5) is 16.4. The van der Waals surface area contributed by atoms with Crippen LogP contribution in [0.1, 0.15) is 25.3 Å². The van der Waals surface area contributed by atoms with Crippen LogP contribution in [0.15, 0.2) is 30.3 Å². The van der Waals surface area contributed by atoms with Crippen LogP contribution in [0.2, 0.25) is 0 Å². The average molecular weight is 305 g/mol. The fraction of sp³-hybridized carbons (Fsp3) is 0.588. The first-order chi connectivity index (χ1) is 10.7. The third-order valence-corrected chi connectivity index (χ3v) is 4.20. The highest BCUT2D eigenvalue weighted by molar-refractivity contribution is 5.67. The summed E-state index contributed by atoms with van der Waals surface area (Å²) in [6.07, 6.45) is 1.93. The maximum atomic E-state index is 12.2. The van der Waals surface area contributed by atoms with Crippen molar-refractivity contribution in [1.82, 2.24) is 9.80 Å². The number of likely N-dealkylation sites (N-methyl/N-ethyl adjacent to an activating group) is 1. The number of nitrogens with zero attached hydrogens (tertiary/aromatic N) is 2. The minimum Gasteiger partial charge on any atom is -0.445 e. The standard InChI is InChI=1S/C17H27N3O2/c1-2-19(12-10-18)16-9-6-11-20(13-16)17(21)22-14-15-7-4-3-5-8-15/h3-5,7-8,16H,2,6,9-14,18H2,1H3. The van der Waals surface area contributed by atoms with Gasteiger partial charge in [0.2, 0.25) is 0 Å². The number of likely N-dealkylation sites (tertiary alicyclic amines) is 1. The van der Waals surface area contributed by atoms with Crippen LogP contribution < -0.4 is 5.73 Å². The molecule has 5 heteroatoms. The second-order valence-corrected chi connectivity index (χ2v) is 5.70. The molecule has 0 radical (unpaired) electrons. The number of hydrogen-bond donors (Lipinski definition) is 1. The van der Waals surface area contributed by atoms with Crippen molar-refractivity contribution in [2.45, 2.75) is 32.4 Å². The molecule has 1 unspecified atom stereocenters. The van der Waals surface area contributed by atoms with Crippen molar-refractivity contribution < 1.29 is 9.53 Å².